The minimum absolute atomic E-state index is 0.121. The molecule has 0 spiro atoms. The number of rotatable bonds is 3. The summed E-state index contributed by atoms with van der Waals surface area (Å²) in [5, 5.41) is 0. The summed E-state index contributed by atoms with van der Waals surface area (Å²) in [5.74, 6) is -0.422. The second-order valence-corrected chi connectivity index (χ2v) is 5.07. The average Bonchev–Trinajstić information content (AvgIpc) is 2.22. The van der Waals surface area contributed by atoms with Crippen molar-refractivity contribution in [3.05, 3.63) is 45.7 Å². The molecule has 0 bridgehead atoms. The molecule has 0 saturated carbocycles. The number of carbonyl (C=O) groups is 1. The summed E-state index contributed by atoms with van der Waals surface area (Å²) in [6.07, 6.45) is 1.54. The van der Waals surface area contributed by atoms with E-state index in [4.69, 9.17) is 0 Å². The molecule has 0 aromatic heterocycles. The van der Waals surface area contributed by atoms with E-state index in [0.29, 0.717) is 5.56 Å². The number of carbonyl (C=O) groups excluding carboxylic acids is 1. The monoisotopic (exact) mass is 299 g/mol. The number of benzene rings is 1. The lowest BCUT2D eigenvalue weighted by Gasteiger charge is -2.16. The van der Waals surface area contributed by atoms with E-state index < -0.39 is 0 Å². The molecular weight excluding hydrogens is 285 g/mol. The van der Waals surface area contributed by atoms with Crippen molar-refractivity contribution in [2.24, 2.45) is 0 Å². The van der Waals surface area contributed by atoms with E-state index >= 15 is 0 Å². The van der Waals surface area contributed by atoms with Crippen molar-refractivity contribution < 1.29 is 9.18 Å². The van der Waals surface area contributed by atoms with Crippen LogP contribution in [0.1, 0.15) is 19.4 Å². The molecule has 0 saturated heterocycles. The van der Waals surface area contributed by atoms with Gasteiger partial charge >= 0.3 is 0 Å². The smallest absolute Gasteiger partial charge is 0.246 e. The van der Waals surface area contributed by atoms with Gasteiger partial charge in [0.15, 0.2) is 0 Å². The zero-order chi connectivity index (χ0) is 13.0. The molecule has 0 atom stereocenters. The molecule has 2 nitrogen and oxygen atoms in total. The topological polar surface area (TPSA) is 20.3 Å². The van der Waals surface area contributed by atoms with Crippen LogP contribution in [-0.2, 0) is 11.3 Å². The zero-order valence-corrected chi connectivity index (χ0v) is 11.7. The molecule has 0 heterocycles. The Hall–Kier alpha value is -1.16. The Kier molecular flexibility index (Phi) is 4.87. The van der Waals surface area contributed by atoms with Crippen LogP contribution in [0.3, 0.4) is 0 Å². The van der Waals surface area contributed by atoms with Crippen LogP contribution in [0.4, 0.5) is 4.39 Å². The van der Waals surface area contributed by atoms with Gasteiger partial charge in [-0.1, -0.05) is 21.5 Å². The Labute approximate surface area is 109 Å². The van der Waals surface area contributed by atoms with Crippen molar-refractivity contribution in [1.82, 2.24) is 4.90 Å². The summed E-state index contributed by atoms with van der Waals surface area (Å²) in [6.45, 7) is 3.96. The third-order valence-corrected chi connectivity index (χ3v) is 2.70. The standard InChI is InChI=1S/C13H15BrFNO/c1-9(2)6-13(17)16(3)8-10-7-11(14)4-5-12(10)15/h4-7H,8H2,1-3H3. The van der Waals surface area contributed by atoms with Gasteiger partial charge in [-0.25, -0.2) is 4.39 Å². The van der Waals surface area contributed by atoms with Gasteiger partial charge in [0.2, 0.25) is 5.91 Å². The van der Waals surface area contributed by atoms with Gasteiger partial charge in [0.1, 0.15) is 5.82 Å². The second kappa shape index (κ2) is 5.96. The van der Waals surface area contributed by atoms with Crippen molar-refractivity contribution in [3.8, 4) is 0 Å². The molecule has 92 valence electrons. The maximum Gasteiger partial charge on any atom is 0.246 e. The van der Waals surface area contributed by atoms with E-state index in [0.717, 1.165) is 10.0 Å². The molecule has 0 unspecified atom stereocenters. The number of hydrogen-bond acceptors (Lipinski definition) is 1. The van der Waals surface area contributed by atoms with Crippen LogP contribution in [0.2, 0.25) is 0 Å². The highest BCUT2D eigenvalue weighted by Crippen LogP contribution is 2.17. The molecule has 0 aliphatic carbocycles. The van der Waals surface area contributed by atoms with Crippen molar-refractivity contribution in [2.45, 2.75) is 20.4 Å². The number of amides is 1. The molecule has 1 amide bonds. The van der Waals surface area contributed by atoms with Crippen LogP contribution in [0, 0.1) is 5.82 Å². The normalized spacial score (nSPS) is 9.94. The van der Waals surface area contributed by atoms with Gasteiger partial charge in [-0.05, 0) is 32.0 Å². The molecule has 0 N–H and O–H groups in total. The third kappa shape index (κ3) is 4.30. The largest absolute Gasteiger partial charge is 0.338 e. The van der Waals surface area contributed by atoms with Crippen molar-refractivity contribution in [3.63, 3.8) is 0 Å². The quantitative estimate of drug-likeness (QED) is 0.782. The molecule has 0 aliphatic rings. The van der Waals surface area contributed by atoms with Crippen molar-refractivity contribution >= 4 is 21.8 Å². The summed E-state index contributed by atoms with van der Waals surface area (Å²) in [7, 11) is 1.65. The number of nitrogens with zero attached hydrogens (tertiary/aromatic N) is 1. The van der Waals surface area contributed by atoms with Crippen LogP contribution in [-0.4, -0.2) is 17.9 Å². The first-order valence-electron chi connectivity index (χ1n) is 5.24. The first-order valence-corrected chi connectivity index (χ1v) is 6.03. The maximum atomic E-state index is 13.5. The highest BCUT2D eigenvalue weighted by Gasteiger charge is 2.10. The lowest BCUT2D eigenvalue weighted by molar-refractivity contribution is -0.125. The molecule has 1 aromatic carbocycles. The Bertz CT molecular complexity index is 453. The Morgan fingerprint density at radius 3 is 2.71 bits per heavy atom. The predicted octanol–water partition coefficient (Wildman–Crippen LogP) is 3.51. The van der Waals surface area contributed by atoms with Crippen LogP contribution >= 0.6 is 15.9 Å². The lowest BCUT2D eigenvalue weighted by Crippen LogP contribution is -2.24. The number of halogens is 2. The van der Waals surface area contributed by atoms with E-state index in [1.54, 1.807) is 19.2 Å². The first kappa shape index (κ1) is 13.9. The van der Waals surface area contributed by atoms with Gasteiger partial charge in [-0.3, -0.25) is 4.79 Å². The summed E-state index contributed by atoms with van der Waals surface area (Å²) in [4.78, 5) is 13.2. The minimum Gasteiger partial charge on any atom is -0.338 e. The molecule has 4 heteroatoms. The Balaban J connectivity index is 2.81. The molecule has 0 radical (unpaired) electrons. The van der Waals surface area contributed by atoms with Crippen molar-refractivity contribution in [2.75, 3.05) is 7.05 Å². The van der Waals surface area contributed by atoms with Crippen LogP contribution in [0.15, 0.2) is 34.3 Å². The molecular formula is C13H15BrFNO. The SMILES string of the molecule is CC(C)=CC(=O)N(C)Cc1cc(Br)ccc1F. The van der Waals surface area contributed by atoms with Gasteiger partial charge in [0, 0.05) is 29.7 Å². The predicted molar refractivity (Wildman–Crippen MR) is 70.0 cm³/mol. The highest BCUT2D eigenvalue weighted by molar-refractivity contribution is 9.10. The maximum absolute atomic E-state index is 13.5. The van der Waals surface area contributed by atoms with Crippen LogP contribution in [0.5, 0.6) is 0 Å². The third-order valence-electron chi connectivity index (χ3n) is 2.20. The van der Waals surface area contributed by atoms with E-state index in [9.17, 15) is 9.18 Å². The second-order valence-electron chi connectivity index (χ2n) is 4.15. The fourth-order valence-corrected chi connectivity index (χ4v) is 1.76. The van der Waals surface area contributed by atoms with E-state index in [1.165, 1.54) is 17.0 Å². The fourth-order valence-electron chi connectivity index (χ4n) is 1.36. The van der Waals surface area contributed by atoms with Gasteiger partial charge in [0.05, 0.1) is 0 Å². The zero-order valence-electron chi connectivity index (χ0n) is 10.1. The Morgan fingerprint density at radius 2 is 2.12 bits per heavy atom. The first-order chi connectivity index (χ1) is 7.90. The summed E-state index contributed by atoms with van der Waals surface area (Å²) >= 11 is 3.28. The molecule has 1 rings (SSSR count). The molecule has 1 aromatic rings. The lowest BCUT2D eigenvalue weighted by atomic mass is 10.2. The van der Waals surface area contributed by atoms with Gasteiger partial charge in [0.25, 0.3) is 0 Å². The van der Waals surface area contributed by atoms with E-state index in [-0.39, 0.29) is 18.3 Å². The van der Waals surface area contributed by atoms with Crippen LogP contribution in [0.25, 0.3) is 0 Å². The summed E-state index contributed by atoms with van der Waals surface area (Å²) in [5.41, 5.74) is 1.42. The van der Waals surface area contributed by atoms with E-state index in [1.807, 2.05) is 13.8 Å². The molecule has 0 aliphatic heterocycles. The molecule has 17 heavy (non-hydrogen) atoms. The van der Waals surface area contributed by atoms with Gasteiger partial charge in [-0.2, -0.15) is 0 Å². The summed E-state index contributed by atoms with van der Waals surface area (Å²) in [6, 6.07) is 4.71. The average molecular weight is 300 g/mol. The fraction of sp³-hybridized carbons (Fsp3) is 0.308. The number of hydrogen-bond donors (Lipinski definition) is 0. The molecule has 0 fully saturated rings. The number of likely N-dealkylation sites (N-methyl/N-ethyl adjacent to an activating group) is 1. The number of allylic oxidation sites excluding steroid dienone is 1. The van der Waals surface area contributed by atoms with Crippen molar-refractivity contribution in [1.29, 1.82) is 0 Å². The van der Waals surface area contributed by atoms with Gasteiger partial charge in [-0.15, -0.1) is 0 Å². The van der Waals surface area contributed by atoms with Crippen LogP contribution < -0.4 is 0 Å². The van der Waals surface area contributed by atoms with Gasteiger partial charge < -0.3 is 4.90 Å². The Morgan fingerprint density at radius 1 is 1.47 bits per heavy atom. The highest BCUT2D eigenvalue weighted by atomic mass is 79.9. The minimum atomic E-state index is -0.301. The summed E-state index contributed by atoms with van der Waals surface area (Å²) < 4.78 is 14.3. The van der Waals surface area contributed by atoms with E-state index in [2.05, 4.69) is 15.9 Å².